The van der Waals surface area contributed by atoms with Crippen molar-refractivity contribution in [3.63, 3.8) is 0 Å². The standard InChI is InChI=1S/C18H20N2O4/c1-2-3-11-24-17(22)15-9-4-5-10-16(15)20-18(23)19-13-7-6-8-14(21)12-13/h4-10,12,21H,2-3,11H2,1H3,(H2,19,20,23). The summed E-state index contributed by atoms with van der Waals surface area (Å²) in [5, 5.41) is 14.6. The normalized spacial score (nSPS) is 10.0. The molecule has 2 rings (SSSR count). The molecular formula is C18H20N2O4. The molecule has 3 N–H and O–H groups in total. The van der Waals surface area contributed by atoms with E-state index in [0.29, 0.717) is 23.5 Å². The van der Waals surface area contributed by atoms with E-state index in [1.807, 2.05) is 6.92 Å². The molecule has 6 nitrogen and oxygen atoms in total. The van der Waals surface area contributed by atoms with Crippen LogP contribution >= 0.6 is 0 Å². The molecule has 0 fully saturated rings. The van der Waals surface area contributed by atoms with Crippen LogP contribution in [-0.2, 0) is 4.74 Å². The number of carbonyl (C=O) groups excluding carboxylic acids is 2. The van der Waals surface area contributed by atoms with Crippen molar-refractivity contribution < 1.29 is 19.4 Å². The van der Waals surface area contributed by atoms with E-state index >= 15 is 0 Å². The van der Waals surface area contributed by atoms with Gasteiger partial charge in [-0.05, 0) is 30.7 Å². The van der Waals surface area contributed by atoms with Crippen LogP contribution < -0.4 is 10.6 Å². The number of aromatic hydroxyl groups is 1. The van der Waals surface area contributed by atoms with Gasteiger partial charge in [-0.2, -0.15) is 0 Å². The smallest absolute Gasteiger partial charge is 0.340 e. The predicted octanol–water partition coefficient (Wildman–Crippen LogP) is 3.99. The lowest BCUT2D eigenvalue weighted by atomic mass is 10.2. The van der Waals surface area contributed by atoms with Crippen LogP contribution in [0.4, 0.5) is 16.2 Å². The maximum atomic E-state index is 12.1. The molecule has 0 unspecified atom stereocenters. The molecule has 2 aromatic rings. The van der Waals surface area contributed by atoms with Gasteiger partial charge in [-0.25, -0.2) is 9.59 Å². The van der Waals surface area contributed by atoms with E-state index < -0.39 is 12.0 Å². The summed E-state index contributed by atoms with van der Waals surface area (Å²) in [6.07, 6.45) is 1.72. The van der Waals surface area contributed by atoms with Crippen LogP contribution in [0.2, 0.25) is 0 Å². The highest BCUT2D eigenvalue weighted by atomic mass is 16.5. The fourth-order valence-electron chi connectivity index (χ4n) is 2.03. The van der Waals surface area contributed by atoms with Crippen molar-refractivity contribution >= 4 is 23.4 Å². The fraction of sp³-hybridized carbons (Fsp3) is 0.222. The number of benzene rings is 2. The number of anilines is 2. The Morgan fingerprint density at radius 2 is 1.88 bits per heavy atom. The zero-order chi connectivity index (χ0) is 17.4. The van der Waals surface area contributed by atoms with Crippen LogP contribution in [-0.4, -0.2) is 23.7 Å². The number of rotatable bonds is 6. The van der Waals surface area contributed by atoms with E-state index in [1.165, 1.54) is 12.1 Å². The maximum Gasteiger partial charge on any atom is 0.340 e. The van der Waals surface area contributed by atoms with Crippen LogP contribution in [0.3, 0.4) is 0 Å². The Morgan fingerprint density at radius 1 is 1.08 bits per heavy atom. The molecule has 0 aromatic heterocycles. The summed E-state index contributed by atoms with van der Waals surface area (Å²) < 4.78 is 5.18. The number of carbonyl (C=O) groups is 2. The van der Waals surface area contributed by atoms with Gasteiger partial charge >= 0.3 is 12.0 Å². The van der Waals surface area contributed by atoms with E-state index in [0.717, 1.165) is 12.8 Å². The third-order valence-corrected chi connectivity index (χ3v) is 3.23. The number of esters is 1. The highest BCUT2D eigenvalue weighted by Crippen LogP contribution is 2.18. The third-order valence-electron chi connectivity index (χ3n) is 3.23. The molecule has 2 aromatic carbocycles. The maximum absolute atomic E-state index is 12.1. The zero-order valence-electron chi connectivity index (χ0n) is 13.4. The Kier molecular flexibility index (Phi) is 6.19. The largest absolute Gasteiger partial charge is 0.508 e. The first kappa shape index (κ1) is 17.3. The van der Waals surface area contributed by atoms with Crippen molar-refractivity contribution in [3.8, 4) is 5.75 Å². The number of hydrogen-bond acceptors (Lipinski definition) is 4. The summed E-state index contributed by atoms with van der Waals surface area (Å²) in [6, 6.07) is 12.3. The minimum Gasteiger partial charge on any atom is -0.508 e. The van der Waals surface area contributed by atoms with Crippen LogP contribution in [0, 0.1) is 0 Å². The quantitative estimate of drug-likeness (QED) is 0.552. The molecule has 0 aliphatic carbocycles. The van der Waals surface area contributed by atoms with Gasteiger partial charge in [0.1, 0.15) is 5.75 Å². The van der Waals surface area contributed by atoms with Crippen molar-refractivity contribution in [3.05, 3.63) is 54.1 Å². The van der Waals surface area contributed by atoms with Gasteiger partial charge in [-0.1, -0.05) is 31.5 Å². The van der Waals surface area contributed by atoms with Gasteiger partial charge in [0.15, 0.2) is 0 Å². The number of hydrogen-bond donors (Lipinski definition) is 3. The number of ether oxygens (including phenoxy) is 1. The molecule has 0 spiro atoms. The lowest BCUT2D eigenvalue weighted by molar-refractivity contribution is 0.0501. The SMILES string of the molecule is CCCCOC(=O)c1ccccc1NC(=O)Nc1cccc(O)c1. The average molecular weight is 328 g/mol. The summed E-state index contributed by atoms with van der Waals surface area (Å²) in [6.45, 7) is 2.36. The Morgan fingerprint density at radius 3 is 2.62 bits per heavy atom. The second kappa shape index (κ2) is 8.57. The van der Waals surface area contributed by atoms with Gasteiger partial charge in [-0.3, -0.25) is 0 Å². The van der Waals surface area contributed by atoms with Crippen molar-refractivity contribution in [2.45, 2.75) is 19.8 Å². The van der Waals surface area contributed by atoms with Crippen LogP contribution in [0.25, 0.3) is 0 Å². The second-order valence-electron chi connectivity index (χ2n) is 5.16. The van der Waals surface area contributed by atoms with E-state index in [1.54, 1.807) is 36.4 Å². The number of para-hydroxylation sites is 1. The Labute approximate surface area is 140 Å². The number of amides is 2. The second-order valence-corrected chi connectivity index (χ2v) is 5.16. The lowest BCUT2D eigenvalue weighted by Gasteiger charge is -2.12. The fourth-order valence-corrected chi connectivity index (χ4v) is 2.03. The monoisotopic (exact) mass is 328 g/mol. The Balaban J connectivity index is 2.03. The minimum absolute atomic E-state index is 0.0488. The number of unbranched alkanes of at least 4 members (excludes halogenated alkanes) is 1. The third kappa shape index (κ3) is 5.01. The van der Waals surface area contributed by atoms with Gasteiger partial charge in [0.2, 0.25) is 0 Å². The highest BCUT2D eigenvalue weighted by Gasteiger charge is 2.14. The van der Waals surface area contributed by atoms with Crippen molar-refractivity contribution in [2.24, 2.45) is 0 Å². The molecule has 6 heteroatoms. The predicted molar refractivity (Wildman–Crippen MR) is 92.4 cm³/mol. The molecule has 0 aliphatic heterocycles. The molecule has 0 saturated heterocycles. The highest BCUT2D eigenvalue weighted by molar-refractivity contribution is 6.05. The van der Waals surface area contributed by atoms with Crippen LogP contribution in [0.15, 0.2) is 48.5 Å². The molecule has 0 atom stereocenters. The summed E-state index contributed by atoms with van der Waals surface area (Å²) >= 11 is 0. The van der Waals surface area contributed by atoms with Crippen molar-refractivity contribution in [1.82, 2.24) is 0 Å². The van der Waals surface area contributed by atoms with Gasteiger partial charge in [0.25, 0.3) is 0 Å². The Hall–Kier alpha value is -3.02. The lowest BCUT2D eigenvalue weighted by Crippen LogP contribution is -2.21. The van der Waals surface area contributed by atoms with Gasteiger partial charge in [-0.15, -0.1) is 0 Å². The van der Waals surface area contributed by atoms with E-state index in [2.05, 4.69) is 10.6 Å². The molecule has 24 heavy (non-hydrogen) atoms. The van der Waals surface area contributed by atoms with E-state index in [-0.39, 0.29) is 5.75 Å². The van der Waals surface area contributed by atoms with Gasteiger partial charge in [0.05, 0.1) is 17.9 Å². The number of phenols is 1. The van der Waals surface area contributed by atoms with Crippen LogP contribution in [0.5, 0.6) is 5.75 Å². The minimum atomic E-state index is -0.519. The van der Waals surface area contributed by atoms with E-state index in [9.17, 15) is 14.7 Å². The molecule has 0 bridgehead atoms. The molecule has 0 aliphatic rings. The summed E-state index contributed by atoms with van der Waals surface area (Å²) in [5.74, 6) is -0.426. The molecule has 0 heterocycles. The first-order valence-corrected chi connectivity index (χ1v) is 7.73. The topological polar surface area (TPSA) is 87.7 Å². The Bertz CT molecular complexity index is 716. The molecule has 0 saturated carbocycles. The number of nitrogens with one attached hydrogen (secondary N) is 2. The van der Waals surface area contributed by atoms with Crippen LogP contribution in [0.1, 0.15) is 30.1 Å². The number of phenolic OH excluding ortho intramolecular Hbond substituents is 1. The molecule has 0 radical (unpaired) electrons. The molecular weight excluding hydrogens is 308 g/mol. The first-order valence-electron chi connectivity index (χ1n) is 7.73. The van der Waals surface area contributed by atoms with Gasteiger partial charge < -0.3 is 20.5 Å². The molecule has 126 valence electrons. The summed E-state index contributed by atoms with van der Waals surface area (Å²) in [7, 11) is 0. The van der Waals surface area contributed by atoms with Crippen molar-refractivity contribution in [1.29, 1.82) is 0 Å². The van der Waals surface area contributed by atoms with Gasteiger partial charge in [0, 0.05) is 11.8 Å². The molecule has 2 amide bonds. The zero-order valence-corrected chi connectivity index (χ0v) is 13.4. The van der Waals surface area contributed by atoms with Crippen molar-refractivity contribution in [2.75, 3.05) is 17.2 Å². The summed E-state index contributed by atoms with van der Waals surface area (Å²) in [5.41, 5.74) is 1.09. The first-order chi connectivity index (χ1) is 11.6. The number of urea groups is 1. The average Bonchev–Trinajstić information content (AvgIpc) is 2.55. The summed E-state index contributed by atoms with van der Waals surface area (Å²) in [4.78, 5) is 24.2. The van der Waals surface area contributed by atoms with E-state index in [4.69, 9.17) is 4.74 Å².